The molecule has 2 aliphatic carbocycles. The Morgan fingerprint density at radius 1 is 0.913 bits per heavy atom. The number of carbonyl (C=O) groups excluding carboxylic acids is 1. The molecule has 0 spiro atoms. The van der Waals surface area contributed by atoms with Gasteiger partial charge in [0.25, 0.3) is 0 Å². The Hall–Kier alpha value is -2.77. The number of benzene rings is 1. The zero-order chi connectivity index (χ0) is 31.8. The number of hydrogen-bond acceptors (Lipinski definition) is 9. The second-order valence-electron chi connectivity index (χ2n) is 13.9. The van der Waals surface area contributed by atoms with E-state index in [-0.39, 0.29) is 28.9 Å². The fraction of sp³-hybridized carbons (Fsp3) is 0.647. The number of likely N-dealkylation sites (N-methyl/N-ethyl adjacent to an activating group) is 1. The SMILES string of the molecule is C[C@@H]1C(=O)N(C)c2ccc(Nc3cccc(S(=O)(=O)NC4CCC(N5CCN(CC6CC6)CC5)CC4)c3)nc2N1C1CCOCC1. The number of piperazine rings is 1. The quantitative estimate of drug-likeness (QED) is 0.419. The molecule has 1 atom stereocenters. The van der Waals surface area contributed by atoms with Crippen LogP contribution in [0.5, 0.6) is 0 Å². The summed E-state index contributed by atoms with van der Waals surface area (Å²) in [6.07, 6.45) is 8.29. The van der Waals surface area contributed by atoms with Crippen molar-refractivity contribution in [3.63, 3.8) is 0 Å². The molecule has 7 rings (SSSR count). The number of carbonyl (C=O) groups is 1. The minimum atomic E-state index is -3.68. The van der Waals surface area contributed by atoms with E-state index in [1.165, 1.54) is 32.5 Å². The number of anilines is 4. The highest BCUT2D eigenvalue weighted by atomic mass is 32.2. The summed E-state index contributed by atoms with van der Waals surface area (Å²) in [6, 6.07) is 11.0. The second-order valence-corrected chi connectivity index (χ2v) is 15.6. The van der Waals surface area contributed by atoms with Crippen LogP contribution in [0.4, 0.5) is 23.0 Å². The molecule has 2 saturated carbocycles. The summed E-state index contributed by atoms with van der Waals surface area (Å²) in [6.45, 7) is 9.14. The molecule has 1 amide bonds. The first-order valence-corrected chi connectivity index (χ1v) is 18.7. The monoisotopic (exact) mass is 651 g/mol. The van der Waals surface area contributed by atoms with Gasteiger partial charge in [-0.1, -0.05) is 6.07 Å². The molecule has 0 bridgehead atoms. The van der Waals surface area contributed by atoms with Gasteiger partial charge in [-0.3, -0.25) is 9.69 Å². The number of nitrogens with one attached hydrogen (secondary N) is 2. The van der Waals surface area contributed by atoms with Gasteiger partial charge in [-0.25, -0.2) is 18.1 Å². The Kier molecular flexibility index (Phi) is 9.26. The highest BCUT2D eigenvalue weighted by Gasteiger charge is 2.39. The minimum absolute atomic E-state index is 0.0439. The van der Waals surface area contributed by atoms with E-state index in [2.05, 4.69) is 24.7 Å². The molecule has 0 unspecified atom stereocenters. The summed E-state index contributed by atoms with van der Waals surface area (Å²) in [7, 11) is -1.89. The summed E-state index contributed by atoms with van der Waals surface area (Å²) >= 11 is 0. The summed E-state index contributed by atoms with van der Waals surface area (Å²) in [4.78, 5) is 27.3. The molecule has 2 aromatic rings. The van der Waals surface area contributed by atoms with Crippen LogP contribution in [-0.4, -0.2) is 106 Å². The third-order valence-corrected chi connectivity index (χ3v) is 12.2. The highest BCUT2D eigenvalue weighted by Crippen LogP contribution is 2.38. The first kappa shape index (κ1) is 31.8. The van der Waals surface area contributed by atoms with Gasteiger partial charge in [-0.05, 0) is 94.5 Å². The zero-order valence-electron chi connectivity index (χ0n) is 27.2. The molecule has 2 saturated heterocycles. The lowest BCUT2D eigenvalue weighted by Gasteiger charge is -2.44. The largest absolute Gasteiger partial charge is 0.381 e. The van der Waals surface area contributed by atoms with Crippen molar-refractivity contribution >= 4 is 38.9 Å². The van der Waals surface area contributed by atoms with Crippen molar-refractivity contribution in [2.45, 2.75) is 87.4 Å². The number of rotatable bonds is 9. The zero-order valence-corrected chi connectivity index (χ0v) is 28.1. The number of fused-ring (bicyclic) bond motifs is 1. The van der Waals surface area contributed by atoms with E-state index < -0.39 is 10.0 Å². The third kappa shape index (κ3) is 6.92. The Morgan fingerprint density at radius 2 is 1.65 bits per heavy atom. The van der Waals surface area contributed by atoms with Gasteiger partial charge in [0.1, 0.15) is 11.9 Å². The number of aromatic nitrogens is 1. The minimum Gasteiger partial charge on any atom is -0.381 e. The normalized spacial score (nSPS) is 27.1. The van der Waals surface area contributed by atoms with Crippen molar-refractivity contribution in [3.05, 3.63) is 36.4 Å². The lowest BCUT2D eigenvalue weighted by atomic mass is 9.90. The smallest absolute Gasteiger partial charge is 0.249 e. The Balaban J connectivity index is 0.981. The van der Waals surface area contributed by atoms with Gasteiger partial charge in [0, 0.05) is 76.8 Å². The summed E-state index contributed by atoms with van der Waals surface area (Å²) in [5, 5.41) is 3.33. The first-order valence-electron chi connectivity index (χ1n) is 17.3. The average Bonchev–Trinajstić information content (AvgIpc) is 3.89. The van der Waals surface area contributed by atoms with Gasteiger partial charge < -0.3 is 24.8 Å². The van der Waals surface area contributed by atoms with E-state index in [0.29, 0.717) is 30.8 Å². The summed E-state index contributed by atoms with van der Waals surface area (Å²) in [5.74, 6) is 2.34. The van der Waals surface area contributed by atoms with Gasteiger partial charge in [-0.15, -0.1) is 0 Å². The number of nitrogens with zero attached hydrogens (tertiary/aromatic N) is 5. The van der Waals surface area contributed by atoms with Crippen LogP contribution in [0.1, 0.15) is 58.3 Å². The van der Waals surface area contributed by atoms with Gasteiger partial charge in [-0.2, -0.15) is 0 Å². The van der Waals surface area contributed by atoms with Crippen LogP contribution in [-0.2, 0) is 19.6 Å². The molecule has 11 nitrogen and oxygen atoms in total. The van der Waals surface area contributed by atoms with Gasteiger partial charge >= 0.3 is 0 Å². The molecule has 1 aromatic heterocycles. The lowest BCUT2D eigenvalue weighted by molar-refractivity contribution is -0.119. The lowest BCUT2D eigenvalue weighted by Crippen LogP contribution is -2.56. The van der Waals surface area contributed by atoms with Gasteiger partial charge in [0.15, 0.2) is 5.82 Å². The van der Waals surface area contributed by atoms with Gasteiger partial charge in [0.2, 0.25) is 15.9 Å². The molecule has 2 N–H and O–H groups in total. The van der Waals surface area contributed by atoms with E-state index in [1.807, 2.05) is 25.1 Å². The molecule has 1 aromatic carbocycles. The average molecular weight is 652 g/mol. The predicted octanol–water partition coefficient (Wildman–Crippen LogP) is 3.79. The number of sulfonamides is 1. The molecule has 250 valence electrons. The Morgan fingerprint density at radius 3 is 2.37 bits per heavy atom. The molecule has 4 heterocycles. The number of amides is 1. The van der Waals surface area contributed by atoms with Crippen LogP contribution in [0.15, 0.2) is 41.3 Å². The van der Waals surface area contributed by atoms with Gasteiger partial charge in [0.05, 0.1) is 10.6 Å². The van der Waals surface area contributed by atoms with Crippen molar-refractivity contribution in [1.82, 2.24) is 19.5 Å². The maximum absolute atomic E-state index is 13.5. The van der Waals surface area contributed by atoms with Crippen LogP contribution in [0.25, 0.3) is 0 Å². The predicted molar refractivity (Wildman–Crippen MR) is 180 cm³/mol. The highest BCUT2D eigenvalue weighted by molar-refractivity contribution is 7.89. The Labute approximate surface area is 273 Å². The van der Waals surface area contributed by atoms with Crippen LogP contribution in [0.3, 0.4) is 0 Å². The van der Waals surface area contributed by atoms with Crippen molar-refractivity contribution in [2.24, 2.45) is 5.92 Å². The van der Waals surface area contributed by atoms with Crippen LogP contribution < -0.4 is 19.8 Å². The molecular formula is C34H49N7O4S. The van der Waals surface area contributed by atoms with Crippen molar-refractivity contribution in [1.29, 1.82) is 0 Å². The van der Waals surface area contributed by atoms with E-state index in [9.17, 15) is 13.2 Å². The van der Waals surface area contributed by atoms with Crippen LogP contribution >= 0.6 is 0 Å². The topological polar surface area (TPSA) is 110 Å². The number of hydrogen-bond donors (Lipinski definition) is 2. The molecule has 0 radical (unpaired) electrons. The van der Waals surface area contributed by atoms with Crippen molar-refractivity contribution in [2.75, 3.05) is 68.1 Å². The fourth-order valence-electron chi connectivity index (χ4n) is 7.83. The maximum atomic E-state index is 13.5. The summed E-state index contributed by atoms with van der Waals surface area (Å²) in [5.41, 5.74) is 1.41. The standard InChI is InChI=1S/C34H49N7O4S/c1-24-34(42)38(2)31-12-13-32(36-33(31)41(24)29-14-20-45-21-15-29)35-27-4-3-5-30(22-27)46(43,44)37-26-8-10-28(11-9-26)40-18-16-39(17-19-40)23-25-6-7-25/h3-5,12-13,22,24-26,28-29,37H,6-11,14-21,23H2,1-2H3,(H,35,36)/t24-,26?,28?/m1/s1. The number of pyridine rings is 1. The molecule has 46 heavy (non-hydrogen) atoms. The Bertz CT molecular complexity index is 1500. The van der Waals surface area contributed by atoms with Crippen molar-refractivity contribution < 1.29 is 17.9 Å². The third-order valence-electron chi connectivity index (χ3n) is 10.7. The molecule has 3 aliphatic heterocycles. The molecule has 5 aliphatic rings. The molecular weight excluding hydrogens is 602 g/mol. The van der Waals surface area contributed by atoms with Crippen molar-refractivity contribution in [3.8, 4) is 0 Å². The number of ether oxygens (including phenoxy) is 1. The molecule has 12 heteroatoms. The van der Waals surface area contributed by atoms with Crippen LogP contribution in [0, 0.1) is 5.92 Å². The fourth-order valence-corrected chi connectivity index (χ4v) is 9.18. The van der Waals surface area contributed by atoms with Crippen LogP contribution in [0.2, 0.25) is 0 Å². The van der Waals surface area contributed by atoms with E-state index in [4.69, 9.17) is 9.72 Å². The second kappa shape index (κ2) is 13.4. The molecule has 4 fully saturated rings. The van der Waals surface area contributed by atoms with E-state index in [0.717, 1.165) is 69.0 Å². The maximum Gasteiger partial charge on any atom is 0.249 e. The first-order chi connectivity index (χ1) is 22.2. The van der Waals surface area contributed by atoms with E-state index >= 15 is 0 Å². The summed E-state index contributed by atoms with van der Waals surface area (Å²) < 4.78 is 35.6. The van der Waals surface area contributed by atoms with E-state index in [1.54, 1.807) is 30.1 Å².